The second-order valence-electron chi connectivity index (χ2n) is 6.87. The number of nitrogens with zero attached hydrogens (tertiary/aromatic N) is 2. The van der Waals surface area contributed by atoms with E-state index in [4.69, 9.17) is 9.15 Å². The number of hydrogen-bond donors (Lipinski definition) is 1. The molecule has 0 amide bonds. The molecule has 0 saturated carbocycles. The van der Waals surface area contributed by atoms with Gasteiger partial charge in [0.1, 0.15) is 5.52 Å². The van der Waals surface area contributed by atoms with Crippen molar-refractivity contribution >= 4 is 54.9 Å². The Kier molecular flexibility index (Phi) is 5.66. The number of methoxy groups -OCH3 is 1. The summed E-state index contributed by atoms with van der Waals surface area (Å²) in [4.78, 5) is 9.12. The monoisotopic (exact) mass is 528 g/mol. The molecule has 4 rings (SSSR count). The molecule has 0 unspecified atom stereocenters. The first-order valence-electron chi connectivity index (χ1n) is 9.14. The molecule has 1 N–H and O–H groups in total. The average molecular weight is 530 g/mol. The Morgan fingerprint density at radius 1 is 1.07 bits per heavy atom. The number of benzene rings is 3. The lowest BCUT2D eigenvalue weighted by Gasteiger charge is -2.09. The Morgan fingerprint density at radius 3 is 2.60 bits per heavy atom. The van der Waals surface area contributed by atoms with Gasteiger partial charge in [0.05, 0.1) is 18.4 Å². The summed E-state index contributed by atoms with van der Waals surface area (Å²) in [5.74, 6) is 0.943. The summed E-state index contributed by atoms with van der Waals surface area (Å²) in [5, 5.41) is 10.4. The van der Waals surface area contributed by atoms with Crippen LogP contribution in [0, 0.1) is 13.8 Å². The topological polar surface area (TPSA) is 67.9 Å². The van der Waals surface area contributed by atoms with Gasteiger partial charge in [-0.3, -0.25) is 4.99 Å². The van der Waals surface area contributed by atoms with Gasteiger partial charge >= 0.3 is 0 Å². The third-order valence-corrected chi connectivity index (χ3v) is 6.89. The minimum Gasteiger partial charge on any atom is -0.504 e. The lowest BCUT2D eigenvalue weighted by Crippen LogP contribution is -1.91. The zero-order valence-electron chi connectivity index (χ0n) is 16.5. The highest BCUT2D eigenvalue weighted by Gasteiger charge is 2.14. The third-order valence-electron chi connectivity index (χ3n) is 4.88. The molecule has 30 heavy (non-hydrogen) atoms. The number of rotatable bonds is 4. The molecule has 0 aliphatic heterocycles. The van der Waals surface area contributed by atoms with Crippen molar-refractivity contribution in [3.8, 4) is 23.0 Å². The standard InChI is InChI=1S/C23H18Br2N2O3/c1-12-4-5-14(8-13(12)2)23-27-18-9-15(6-7-19(18)30-23)26-11-16-21(25)17(24)10-20(29-3)22(16)28/h4-11,28H,1-3H3. The van der Waals surface area contributed by atoms with E-state index in [1.54, 1.807) is 12.3 Å². The average Bonchev–Trinajstić information content (AvgIpc) is 3.16. The van der Waals surface area contributed by atoms with Crippen LogP contribution in [0.25, 0.3) is 22.6 Å². The fraction of sp³-hybridized carbons (Fsp3) is 0.130. The second-order valence-corrected chi connectivity index (χ2v) is 8.51. The Balaban J connectivity index is 1.70. The van der Waals surface area contributed by atoms with Gasteiger partial charge in [-0.1, -0.05) is 6.07 Å². The van der Waals surface area contributed by atoms with Crippen LogP contribution in [0.5, 0.6) is 11.5 Å². The van der Waals surface area contributed by atoms with E-state index in [1.165, 1.54) is 18.2 Å². The number of ether oxygens (including phenoxy) is 1. The van der Waals surface area contributed by atoms with Crippen molar-refractivity contribution in [1.82, 2.24) is 4.98 Å². The number of aryl methyl sites for hydroxylation is 2. The Bertz CT molecular complexity index is 1300. The number of aliphatic imine (C=N–C) groups is 1. The SMILES string of the molecule is COc1cc(Br)c(Br)c(C=Nc2ccc3oc(-c4ccc(C)c(C)c4)nc3c2)c1O. The minimum atomic E-state index is 0.0101. The highest BCUT2D eigenvalue weighted by molar-refractivity contribution is 9.13. The maximum atomic E-state index is 10.4. The largest absolute Gasteiger partial charge is 0.504 e. The number of aromatic hydroxyl groups is 1. The summed E-state index contributed by atoms with van der Waals surface area (Å²) in [6.07, 6.45) is 1.58. The molecule has 0 atom stereocenters. The van der Waals surface area contributed by atoms with Gasteiger partial charge in [0.15, 0.2) is 17.1 Å². The first-order valence-corrected chi connectivity index (χ1v) is 10.7. The predicted octanol–water partition coefficient (Wildman–Crippen LogP) is 7.10. The molecule has 3 aromatic carbocycles. The van der Waals surface area contributed by atoms with Crippen LogP contribution in [-0.2, 0) is 0 Å². The molecule has 0 bridgehead atoms. The minimum absolute atomic E-state index is 0.0101. The summed E-state index contributed by atoms with van der Waals surface area (Å²) in [7, 11) is 1.50. The molecule has 0 spiro atoms. The van der Waals surface area contributed by atoms with Gasteiger partial charge in [0.25, 0.3) is 0 Å². The van der Waals surface area contributed by atoms with Crippen LogP contribution in [0.1, 0.15) is 16.7 Å². The Labute approximate surface area is 190 Å². The van der Waals surface area contributed by atoms with E-state index < -0.39 is 0 Å². The van der Waals surface area contributed by atoms with Gasteiger partial charge in [0, 0.05) is 20.7 Å². The molecule has 152 valence electrons. The smallest absolute Gasteiger partial charge is 0.227 e. The van der Waals surface area contributed by atoms with Gasteiger partial charge in [-0.25, -0.2) is 4.98 Å². The fourth-order valence-corrected chi connectivity index (χ4v) is 3.84. The van der Waals surface area contributed by atoms with Gasteiger partial charge in [-0.05, 0) is 93.2 Å². The molecule has 0 aliphatic carbocycles. The maximum Gasteiger partial charge on any atom is 0.227 e. The third kappa shape index (κ3) is 3.87. The summed E-state index contributed by atoms with van der Waals surface area (Å²) in [6.45, 7) is 4.14. The van der Waals surface area contributed by atoms with Gasteiger partial charge in [-0.15, -0.1) is 0 Å². The molecule has 0 radical (unpaired) electrons. The zero-order chi connectivity index (χ0) is 21.4. The van der Waals surface area contributed by atoms with Crippen molar-refractivity contribution in [2.45, 2.75) is 13.8 Å². The van der Waals surface area contributed by atoms with Crippen molar-refractivity contribution in [1.29, 1.82) is 0 Å². The van der Waals surface area contributed by atoms with Crippen molar-refractivity contribution in [2.75, 3.05) is 7.11 Å². The Morgan fingerprint density at radius 2 is 1.87 bits per heavy atom. The van der Waals surface area contributed by atoms with Gasteiger partial charge in [0.2, 0.25) is 5.89 Å². The molecule has 4 aromatic rings. The molecular formula is C23H18Br2N2O3. The lowest BCUT2D eigenvalue weighted by atomic mass is 10.1. The first kappa shape index (κ1) is 20.6. The maximum absolute atomic E-state index is 10.4. The van der Waals surface area contributed by atoms with Crippen molar-refractivity contribution in [3.05, 3.63) is 68.1 Å². The van der Waals surface area contributed by atoms with Crippen molar-refractivity contribution < 1.29 is 14.3 Å². The molecule has 1 heterocycles. The quantitative estimate of drug-likeness (QED) is 0.286. The second kappa shape index (κ2) is 8.24. The number of halogens is 2. The molecule has 0 saturated heterocycles. The number of fused-ring (bicyclic) bond motifs is 1. The first-order chi connectivity index (χ1) is 14.4. The van der Waals surface area contributed by atoms with E-state index in [1.807, 2.05) is 24.3 Å². The summed E-state index contributed by atoms with van der Waals surface area (Å²) >= 11 is 6.91. The highest BCUT2D eigenvalue weighted by Crippen LogP contribution is 2.39. The van der Waals surface area contributed by atoms with Crippen LogP contribution in [0.4, 0.5) is 5.69 Å². The van der Waals surface area contributed by atoms with Crippen molar-refractivity contribution in [2.24, 2.45) is 4.99 Å². The summed E-state index contributed by atoms with van der Waals surface area (Å²) < 4.78 is 12.6. The zero-order valence-corrected chi connectivity index (χ0v) is 19.7. The Hall–Kier alpha value is -2.64. The number of oxazole rings is 1. The van der Waals surface area contributed by atoms with Crippen LogP contribution in [0.15, 0.2) is 60.8 Å². The molecule has 0 aliphatic rings. The van der Waals surface area contributed by atoms with Gasteiger partial charge < -0.3 is 14.3 Å². The summed E-state index contributed by atoms with van der Waals surface area (Å²) in [5.41, 5.74) is 5.96. The number of phenolic OH excluding ortho intramolecular Hbond substituents is 1. The molecular weight excluding hydrogens is 512 g/mol. The number of phenols is 1. The number of hydrogen-bond acceptors (Lipinski definition) is 5. The lowest BCUT2D eigenvalue weighted by molar-refractivity contribution is 0.372. The van der Waals surface area contributed by atoms with E-state index >= 15 is 0 Å². The van der Waals surface area contributed by atoms with Crippen LogP contribution in [0.3, 0.4) is 0 Å². The fourth-order valence-electron chi connectivity index (χ4n) is 3.02. The van der Waals surface area contributed by atoms with Crippen LogP contribution in [0.2, 0.25) is 0 Å². The van der Waals surface area contributed by atoms with E-state index in [-0.39, 0.29) is 5.75 Å². The van der Waals surface area contributed by atoms with Gasteiger partial charge in [-0.2, -0.15) is 0 Å². The molecule has 7 heteroatoms. The molecule has 0 fully saturated rings. The van der Waals surface area contributed by atoms with Crippen molar-refractivity contribution in [3.63, 3.8) is 0 Å². The van der Waals surface area contributed by atoms with E-state index in [9.17, 15) is 5.11 Å². The van der Waals surface area contributed by atoms with Crippen LogP contribution in [-0.4, -0.2) is 23.4 Å². The normalized spacial score (nSPS) is 11.5. The van der Waals surface area contributed by atoms with E-state index in [0.29, 0.717) is 38.5 Å². The number of aromatic nitrogens is 1. The summed E-state index contributed by atoms with van der Waals surface area (Å²) in [6, 6.07) is 13.4. The van der Waals surface area contributed by atoms with E-state index in [2.05, 4.69) is 67.8 Å². The molecule has 5 nitrogen and oxygen atoms in total. The van der Waals surface area contributed by atoms with Crippen LogP contribution >= 0.6 is 31.9 Å². The predicted molar refractivity (Wildman–Crippen MR) is 126 cm³/mol. The van der Waals surface area contributed by atoms with Crippen LogP contribution < -0.4 is 4.74 Å². The highest BCUT2D eigenvalue weighted by atomic mass is 79.9. The van der Waals surface area contributed by atoms with E-state index in [0.717, 1.165) is 10.0 Å². The molecule has 1 aromatic heterocycles.